The van der Waals surface area contributed by atoms with Crippen molar-refractivity contribution in [3.63, 3.8) is 0 Å². The average Bonchev–Trinajstić information content (AvgIpc) is 2.91. The monoisotopic (exact) mass is 418 g/mol. The minimum Gasteiger partial charge on any atom is -0.375 e. The van der Waals surface area contributed by atoms with Crippen LogP contribution in [-0.2, 0) is 4.79 Å². The van der Waals surface area contributed by atoms with E-state index in [1.165, 1.54) is 12.1 Å². The number of rotatable bonds is 2. The van der Waals surface area contributed by atoms with Crippen LogP contribution in [-0.4, -0.2) is 5.78 Å². The number of carbonyl (C=O) groups excluding carboxylic acids is 1. The molecule has 150 valence electrons. The number of ketones is 1. The lowest BCUT2D eigenvalue weighted by Gasteiger charge is -2.32. The lowest BCUT2D eigenvalue weighted by Crippen LogP contribution is -2.33. The molecule has 30 heavy (non-hydrogen) atoms. The molecule has 0 fully saturated rings. The predicted molar refractivity (Wildman–Crippen MR) is 118 cm³/mol. The molecule has 0 saturated carbocycles. The van der Waals surface area contributed by atoms with E-state index < -0.39 is 5.92 Å². The summed E-state index contributed by atoms with van der Waals surface area (Å²) in [6, 6.07) is 21.6. The summed E-state index contributed by atoms with van der Waals surface area (Å²) in [7, 11) is 0. The first-order chi connectivity index (χ1) is 14.6. The second-order valence-electron chi connectivity index (χ2n) is 7.74. The Morgan fingerprint density at radius 3 is 2.37 bits per heavy atom. The number of fused-ring (bicyclic) bond motifs is 2. The molecule has 3 unspecified atom stereocenters. The lowest BCUT2D eigenvalue weighted by molar-refractivity contribution is -0.122. The van der Waals surface area contributed by atoms with E-state index in [1.807, 2.05) is 48.5 Å². The molecular weight excluding hydrogens is 399 g/mol. The van der Waals surface area contributed by atoms with Crippen molar-refractivity contribution in [3.8, 4) is 0 Å². The van der Waals surface area contributed by atoms with Crippen LogP contribution in [0.5, 0.6) is 0 Å². The molecule has 0 bridgehead atoms. The average molecular weight is 419 g/mol. The van der Waals surface area contributed by atoms with Crippen LogP contribution in [0.25, 0.3) is 0 Å². The van der Waals surface area contributed by atoms with E-state index in [0.717, 1.165) is 28.2 Å². The smallest absolute Gasteiger partial charge is 0.145 e. The Labute approximate surface area is 179 Å². The molecule has 0 radical (unpaired) electrons. The third-order valence-corrected chi connectivity index (χ3v) is 6.21. The number of anilines is 2. The summed E-state index contributed by atoms with van der Waals surface area (Å²) in [5, 5.41) is 7.66. The van der Waals surface area contributed by atoms with E-state index in [2.05, 4.69) is 16.7 Å². The van der Waals surface area contributed by atoms with Gasteiger partial charge in [-0.25, -0.2) is 4.39 Å². The highest BCUT2D eigenvalue weighted by Gasteiger charge is 2.40. The van der Waals surface area contributed by atoms with Crippen molar-refractivity contribution >= 4 is 28.8 Å². The van der Waals surface area contributed by atoms with Gasteiger partial charge in [0.2, 0.25) is 0 Å². The molecule has 1 aliphatic heterocycles. The van der Waals surface area contributed by atoms with E-state index in [1.54, 1.807) is 12.1 Å². The molecule has 3 aromatic rings. The molecule has 0 amide bonds. The van der Waals surface area contributed by atoms with Crippen LogP contribution < -0.4 is 10.6 Å². The van der Waals surface area contributed by atoms with Crippen molar-refractivity contribution in [2.75, 3.05) is 10.6 Å². The van der Waals surface area contributed by atoms with E-state index in [-0.39, 0.29) is 23.6 Å². The molecule has 0 spiro atoms. The standard InChI is InChI=1S/C25H20ClFN2O/c26-19-6-2-1-5-18(19)16-13-22-24(23(30)14-16)25(15-9-11-17(27)12-10-15)29-21-8-4-3-7-20(21)28-22/h1-13,16,24-25,28-29H,14H2. The fourth-order valence-corrected chi connectivity index (χ4v) is 4.70. The molecule has 2 aliphatic rings. The van der Waals surface area contributed by atoms with Gasteiger partial charge in [0.25, 0.3) is 0 Å². The number of carbonyl (C=O) groups is 1. The van der Waals surface area contributed by atoms with Crippen LogP contribution in [0.2, 0.25) is 5.02 Å². The molecule has 3 atom stereocenters. The zero-order valence-corrected chi connectivity index (χ0v) is 16.9. The van der Waals surface area contributed by atoms with Crippen LogP contribution >= 0.6 is 11.6 Å². The van der Waals surface area contributed by atoms with Crippen LogP contribution in [0.3, 0.4) is 0 Å². The molecule has 5 heteroatoms. The van der Waals surface area contributed by atoms with Gasteiger partial charge in [0, 0.05) is 23.1 Å². The van der Waals surface area contributed by atoms with Gasteiger partial charge in [-0.15, -0.1) is 0 Å². The van der Waals surface area contributed by atoms with Crippen molar-refractivity contribution in [2.24, 2.45) is 5.92 Å². The van der Waals surface area contributed by atoms with Gasteiger partial charge in [-0.2, -0.15) is 0 Å². The third-order valence-electron chi connectivity index (χ3n) is 5.87. The zero-order valence-electron chi connectivity index (χ0n) is 16.1. The Hall–Kier alpha value is -3.11. The van der Waals surface area contributed by atoms with Gasteiger partial charge in [0.1, 0.15) is 11.6 Å². The molecule has 3 nitrogen and oxygen atoms in total. The zero-order chi connectivity index (χ0) is 20.7. The van der Waals surface area contributed by atoms with E-state index in [4.69, 9.17) is 11.6 Å². The maximum absolute atomic E-state index is 13.5. The maximum atomic E-state index is 13.5. The summed E-state index contributed by atoms with van der Waals surface area (Å²) in [6.45, 7) is 0. The number of hydrogen-bond donors (Lipinski definition) is 2. The Morgan fingerprint density at radius 2 is 1.60 bits per heavy atom. The van der Waals surface area contributed by atoms with Crippen molar-refractivity contribution in [1.29, 1.82) is 0 Å². The summed E-state index contributed by atoms with van der Waals surface area (Å²) in [4.78, 5) is 13.4. The third kappa shape index (κ3) is 3.37. The second-order valence-corrected chi connectivity index (χ2v) is 8.15. The molecule has 0 saturated heterocycles. The Kier molecular flexibility index (Phi) is 4.80. The summed E-state index contributed by atoms with van der Waals surface area (Å²) >= 11 is 6.42. The lowest BCUT2D eigenvalue weighted by atomic mass is 9.76. The molecule has 3 aromatic carbocycles. The summed E-state index contributed by atoms with van der Waals surface area (Å²) < 4.78 is 13.5. The number of benzene rings is 3. The van der Waals surface area contributed by atoms with Crippen LogP contribution in [0, 0.1) is 11.7 Å². The largest absolute Gasteiger partial charge is 0.375 e. The Balaban J connectivity index is 1.63. The fourth-order valence-electron chi connectivity index (χ4n) is 4.43. The van der Waals surface area contributed by atoms with Gasteiger partial charge in [0.15, 0.2) is 0 Å². The first kappa shape index (κ1) is 18.9. The Bertz CT molecular complexity index is 1140. The molecular formula is C25H20ClFN2O. The highest BCUT2D eigenvalue weighted by atomic mass is 35.5. The van der Waals surface area contributed by atoms with Crippen LogP contribution in [0.4, 0.5) is 15.8 Å². The molecule has 2 N–H and O–H groups in total. The van der Waals surface area contributed by atoms with Gasteiger partial charge in [-0.05, 0) is 41.5 Å². The predicted octanol–water partition coefficient (Wildman–Crippen LogP) is 6.31. The number of hydrogen-bond acceptors (Lipinski definition) is 3. The van der Waals surface area contributed by atoms with Crippen LogP contribution in [0.1, 0.15) is 29.5 Å². The van der Waals surface area contributed by atoms with Crippen molar-refractivity contribution < 1.29 is 9.18 Å². The Morgan fingerprint density at radius 1 is 0.900 bits per heavy atom. The van der Waals surface area contributed by atoms with E-state index in [0.29, 0.717) is 11.4 Å². The maximum Gasteiger partial charge on any atom is 0.145 e. The van der Waals surface area contributed by atoms with E-state index >= 15 is 0 Å². The number of allylic oxidation sites excluding steroid dienone is 1. The van der Waals surface area contributed by atoms with Gasteiger partial charge < -0.3 is 10.6 Å². The molecule has 5 rings (SSSR count). The summed E-state index contributed by atoms with van der Waals surface area (Å²) in [5.74, 6) is -0.666. The highest BCUT2D eigenvalue weighted by Crippen LogP contribution is 2.45. The highest BCUT2D eigenvalue weighted by molar-refractivity contribution is 6.31. The minimum absolute atomic E-state index is 0.0934. The number of Topliss-reactive ketones (excluding diaryl/α,β-unsaturated/α-hetero) is 1. The van der Waals surface area contributed by atoms with Crippen molar-refractivity contribution in [2.45, 2.75) is 18.4 Å². The topological polar surface area (TPSA) is 41.1 Å². The van der Waals surface area contributed by atoms with Gasteiger partial charge in [-0.1, -0.05) is 60.1 Å². The first-order valence-electron chi connectivity index (χ1n) is 9.97. The van der Waals surface area contributed by atoms with Crippen molar-refractivity contribution in [1.82, 2.24) is 0 Å². The molecule has 1 heterocycles. The SMILES string of the molecule is O=C1CC(c2ccccc2Cl)C=C2Nc3ccccc3NC(c3ccc(F)cc3)C12. The quantitative estimate of drug-likeness (QED) is 0.512. The number of nitrogens with one attached hydrogen (secondary N) is 2. The van der Waals surface area contributed by atoms with Gasteiger partial charge in [0.05, 0.1) is 23.3 Å². The van der Waals surface area contributed by atoms with Gasteiger partial charge >= 0.3 is 0 Å². The minimum atomic E-state index is -0.401. The number of halogens is 2. The van der Waals surface area contributed by atoms with Gasteiger partial charge in [-0.3, -0.25) is 4.79 Å². The van der Waals surface area contributed by atoms with Crippen molar-refractivity contribution in [3.05, 3.63) is 107 Å². The second kappa shape index (κ2) is 7.62. The molecule has 0 aromatic heterocycles. The summed E-state index contributed by atoms with van der Waals surface area (Å²) in [5.41, 5.74) is 4.48. The summed E-state index contributed by atoms with van der Waals surface area (Å²) in [6.07, 6.45) is 2.49. The number of para-hydroxylation sites is 2. The first-order valence-corrected chi connectivity index (χ1v) is 10.3. The fraction of sp³-hybridized carbons (Fsp3) is 0.160. The molecule has 1 aliphatic carbocycles. The van der Waals surface area contributed by atoms with E-state index in [9.17, 15) is 9.18 Å². The van der Waals surface area contributed by atoms with Crippen LogP contribution in [0.15, 0.2) is 84.6 Å². The normalized spacial score (nSPS) is 22.7.